The second-order valence-electron chi connectivity index (χ2n) is 8.61. The van der Waals surface area contributed by atoms with Crippen LogP contribution in [0.25, 0.3) is 11.1 Å². The molecule has 0 atom stereocenters. The number of carbonyl (C=O) groups excluding carboxylic acids is 1. The minimum Gasteiger partial charge on any atom is -0.399 e. The summed E-state index contributed by atoms with van der Waals surface area (Å²) in [6.07, 6.45) is 2.96. The van der Waals surface area contributed by atoms with Crippen molar-refractivity contribution in [2.24, 2.45) is 0 Å². The molecule has 11 heteroatoms. The highest BCUT2D eigenvalue weighted by molar-refractivity contribution is 8.01. The van der Waals surface area contributed by atoms with E-state index in [4.69, 9.17) is 11.1 Å². The maximum atomic E-state index is 13.6. The van der Waals surface area contributed by atoms with Crippen LogP contribution in [0, 0.1) is 12.3 Å². The van der Waals surface area contributed by atoms with Crippen LogP contribution in [0.5, 0.6) is 0 Å². The highest BCUT2D eigenvalue weighted by Gasteiger charge is 2.25. The average Bonchev–Trinajstić information content (AvgIpc) is 3.36. The molecule has 0 radical (unpaired) electrons. The van der Waals surface area contributed by atoms with Gasteiger partial charge in [-0.15, -0.1) is 23.1 Å². The number of para-hydroxylation sites is 1. The van der Waals surface area contributed by atoms with Crippen LogP contribution >= 0.6 is 23.1 Å². The molecular weight excluding hydrogens is 551 g/mol. The number of thiophene rings is 1. The van der Waals surface area contributed by atoms with E-state index in [1.165, 1.54) is 29.2 Å². The molecule has 4 aromatic rings. The number of anilines is 3. The number of benzene rings is 3. The summed E-state index contributed by atoms with van der Waals surface area (Å²) in [6, 6.07) is 20.9. The van der Waals surface area contributed by atoms with Crippen LogP contribution in [-0.2, 0) is 9.84 Å². The number of urea groups is 1. The van der Waals surface area contributed by atoms with Gasteiger partial charge < -0.3 is 27.1 Å². The van der Waals surface area contributed by atoms with Gasteiger partial charge in [-0.1, -0.05) is 30.3 Å². The highest BCUT2D eigenvalue weighted by atomic mass is 32.2. The molecule has 8 nitrogen and oxygen atoms in total. The predicted octanol–water partition coefficient (Wildman–Crippen LogP) is 6.09. The first-order valence-electron chi connectivity index (χ1n) is 12.0. The Morgan fingerprint density at radius 3 is 2.54 bits per heavy atom. The summed E-state index contributed by atoms with van der Waals surface area (Å²) in [6.45, 7) is 2.79. The molecule has 1 heterocycles. The van der Waals surface area contributed by atoms with E-state index in [-0.39, 0.29) is 9.79 Å². The first-order chi connectivity index (χ1) is 18.7. The molecule has 0 aliphatic rings. The smallest absolute Gasteiger partial charge is 0.319 e. The normalized spacial score (nSPS) is 11.1. The van der Waals surface area contributed by atoms with Crippen LogP contribution in [0.2, 0.25) is 0 Å². The monoisotopic (exact) mass is 579 g/mol. The van der Waals surface area contributed by atoms with E-state index in [2.05, 4.69) is 16.0 Å². The number of aryl methyl sites for hydroxylation is 1. The quantitative estimate of drug-likeness (QED) is 0.0667. The van der Waals surface area contributed by atoms with Crippen LogP contribution in [0.15, 0.2) is 86.8 Å². The minimum absolute atomic E-state index is 0.128. The fraction of sp³-hybridized carbons (Fsp3) is 0.143. The van der Waals surface area contributed by atoms with E-state index in [0.717, 1.165) is 17.5 Å². The number of carbonyl (C=O) groups is 1. The fourth-order valence-corrected chi connectivity index (χ4v) is 8.02. The van der Waals surface area contributed by atoms with Gasteiger partial charge in [-0.05, 0) is 66.8 Å². The van der Waals surface area contributed by atoms with Crippen LogP contribution in [0.3, 0.4) is 0 Å². The Bertz CT molecular complexity index is 1600. The average molecular weight is 580 g/mol. The Labute approximate surface area is 236 Å². The van der Waals surface area contributed by atoms with Crippen molar-refractivity contribution < 1.29 is 13.2 Å². The first-order valence-corrected chi connectivity index (χ1v) is 15.5. The standard InChI is InChI=1S/C28H29N5O3S3/c1-18-13-20(30)15-24(33-28(34)32-12-11-31-21-8-4-3-5-9-21)26(18)19-7-6-10-23(14-19)39(35,36)25-16-22(17-29)38-27(25)37-2/h3-10,13-17,29,31H,11-12,30H2,1-2H3,(H2,32,33,34). The van der Waals surface area contributed by atoms with Crippen molar-refractivity contribution >= 4 is 62.2 Å². The van der Waals surface area contributed by atoms with E-state index >= 15 is 0 Å². The van der Waals surface area contributed by atoms with Crippen molar-refractivity contribution in [3.63, 3.8) is 0 Å². The summed E-state index contributed by atoms with van der Waals surface area (Å²) in [7, 11) is -3.84. The number of nitrogen functional groups attached to an aromatic ring is 1. The summed E-state index contributed by atoms with van der Waals surface area (Å²) in [5.74, 6) is 0. The molecule has 39 heavy (non-hydrogen) atoms. The van der Waals surface area contributed by atoms with Crippen molar-refractivity contribution in [1.29, 1.82) is 5.41 Å². The second kappa shape index (κ2) is 12.4. The van der Waals surface area contributed by atoms with Crippen LogP contribution in [0.4, 0.5) is 21.9 Å². The Hall–Kier alpha value is -3.80. The number of amides is 2. The molecule has 202 valence electrons. The molecule has 0 unspecified atom stereocenters. The first kappa shape index (κ1) is 28.2. The number of hydrogen-bond donors (Lipinski definition) is 5. The van der Waals surface area contributed by atoms with Gasteiger partial charge in [0.1, 0.15) is 0 Å². The number of nitrogens with one attached hydrogen (secondary N) is 4. The summed E-state index contributed by atoms with van der Waals surface area (Å²) in [4.78, 5) is 13.6. The number of thioether (sulfide) groups is 1. The van der Waals surface area contributed by atoms with Crippen LogP contribution in [-0.4, -0.2) is 40.0 Å². The molecule has 4 rings (SSSR count). The maximum Gasteiger partial charge on any atom is 0.319 e. The van der Waals surface area contributed by atoms with Gasteiger partial charge in [0.05, 0.1) is 19.7 Å². The third-order valence-electron chi connectivity index (χ3n) is 5.85. The van der Waals surface area contributed by atoms with Gasteiger partial charge in [-0.2, -0.15) is 0 Å². The zero-order valence-electron chi connectivity index (χ0n) is 21.4. The van der Waals surface area contributed by atoms with Gasteiger partial charge in [-0.3, -0.25) is 0 Å². The molecule has 0 aliphatic carbocycles. The van der Waals surface area contributed by atoms with Crippen LogP contribution in [0.1, 0.15) is 10.4 Å². The third kappa shape index (κ3) is 6.62. The molecule has 0 spiro atoms. The largest absolute Gasteiger partial charge is 0.399 e. The summed E-state index contributed by atoms with van der Waals surface area (Å²) < 4.78 is 27.8. The highest BCUT2D eigenvalue weighted by Crippen LogP contribution is 2.39. The Morgan fingerprint density at radius 1 is 1.05 bits per heavy atom. The van der Waals surface area contributed by atoms with Crippen LogP contribution < -0.4 is 21.7 Å². The van der Waals surface area contributed by atoms with Gasteiger partial charge >= 0.3 is 6.03 Å². The predicted molar refractivity (Wildman–Crippen MR) is 162 cm³/mol. The molecule has 0 fully saturated rings. The van der Waals surface area contributed by atoms with E-state index in [0.29, 0.717) is 44.7 Å². The lowest BCUT2D eigenvalue weighted by atomic mass is 9.97. The van der Waals surface area contributed by atoms with Gasteiger partial charge in [0.2, 0.25) is 9.84 Å². The topological polar surface area (TPSA) is 137 Å². The molecule has 6 N–H and O–H groups in total. The van der Waals surface area contributed by atoms with Gasteiger partial charge in [0, 0.05) is 41.1 Å². The van der Waals surface area contributed by atoms with Gasteiger partial charge in [0.25, 0.3) is 0 Å². The molecule has 0 bridgehead atoms. The summed E-state index contributed by atoms with van der Waals surface area (Å²) >= 11 is 2.61. The Balaban J connectivity index is 1.58. The lowest BCUT2D eigenvalue weighted by Gasteiger charge is -2.17. The summed E-state index contributed by atoms with van der Waals surface area (Å²) in [5, 5.41) is 16.5. The molecular formula is C28H29N5O3S3. The molecule has 3 aromatic carbocycles. The lowest BCUT2D eigenvalue weighted by Crippen LogP contribution is -2.32. The van der Waals surface area contributed by atoms with Gasteiger partial charge in [-0.25, -0.2) is 13.2 Å². The van der Waals surface area contributed by atoms with Crippen molar-refractivity contribution in [2.45, 2.75) is 20.9 Å². The van der Waals surface area contributed by atoms with E-state index in [1.807, 2.05) is 43.5 Å². The van der Waals surface area contributed by atoms with E-state index in [9.17, 15) is 13.2 Å². The molecule has 2 amide bonds. The van der Waals surface area contributed by atoms with Crippen molar-refractivity contribution in [3.8, 4) is 11.1 Å². The zero-order valence-corrected chi connectivity index (χ0v) is 23.9. The molecule has 0 aliphatic heterocycles. The number of rotatable bonds is 10. The number of hydrogen-bond acceptors (Lipinski definition) is 8. The molecule has 0 saturated heterocycles. The second-order valence-corrected chi connectivity index (χ2v) is 12.7. The minimum atomic E-state index is -3.84. The zero-order chi connectivity index (χ0) is 28.0. The number of sulfone groups is 1. The molecule has 0 saturated carbocycles. The Kier molecular flexibility index (Phi) is 8.95. The fourth-order valence-electron chi connectivity index (χ4n) is 4.12. The van der Waals surface area contributed by atoms with Crippen molar-refractivity contribution in [1.82, 2.24) is 5.32 Å². The maximum absolute atomic E-state index is 13.6. The van der Waals surface area contributed by atoms with Crippen molar-refractivity contribution in [2.75, 3.05) is 35.7 Å². The Morgan fingerprint density at radius 2 is 1.82 bits per heavy atom. The van der Waals surface area contributed by atoms with E-state index in [1.54, 1.807) is 36.4 Å². The molecule has 1 aromatic heterocycles. The summed E-state index contributed by atoms with van der Waals surface area (Å²) in [5.41, 5.74) is 10.1. The number of nitrogens with two attached hydrogens (primary N) is 1. The SMILES string of the molecule is CSc1sc(C=N)cc1S(=O)(=O)c1cccc(-c2c(C)cc(N)cc2NC(=O)NCCNc2ccccc2)c1. The van der Waals surface area contributed by atoms with E-state index < -0.39 is 15.9 Å². The lowest BCUT2D eigenvalue weighted by molar-refractivity contribution is 0.252. The van der Waals surface area contributed by atoms with Crippen molar-refractivity contribution in [3.05, 3.63) is 83.2 Å². The third-order valence-corrected chi connectivity index (χ3v) is 10.1. The van der Waals surface area contributed by atoms with Gasteiger partial charge in [0.15, 0.2) is 0 Å².